The van der Waals surface area contributed by atoms with Crippen LogP contribution in [0.4, 0.5) is 0 Å². The van der Waals surface area contributed by atoms with E-state index in [1.165, 1.54) is 11.1 Å². The number of aliphatic hydroxyl groups excluding tert-OH is 1. The van der Waals surface area contributed by atoms with E-state index in [0.717, 1.165) is 18.6 Å². The van der Waals surface area contributed by atoms with Crippen LogP contribution in [0, 0.1) is 13.8 Å². The fourth-order valence-electron chi connectivity index (χ4n) is 1.95. The molecular weight excluding hydrogens is 226 g/mol. The molecule has 0 saturated carbocycles. The van der Waals surface area contributed by atoms with E-state index in [-0.39, 0.29) is 12.1 Å². The second kappa shape index (κ2) is 6.76. The Morgan fingerprint density at radius 2 is 1.83 bits per heavy atom. The first-order valence-corrected chi connectivity index (χ1v) is 6.50. The Hall–Kier alpha value is -1.06. The number of hydrogen-bond donors (Lipinski definition) is 2. The fraction of sp³-hybridized carbons (Fsp3) is 0.600. The van der Waals surface area contributed by atoms with E-state index in [9.17, 15) is 5.11 Å². The normalized spacial score (nSPS) is 14.3. The molecule has 0 fully saturated rings. The van der Waals surface area contributed by atoms with Gasteiger partial charge < -0.3 is 15.2 Å². The first kappa shape index (κ1) is 15.0. The topological polar surface area (TPSA) is 41.5 Å². The lowest BCUT2D eigenvalue weighted by Crippen LogP contribution is -2.43. The van der Waals surface area contributed by atoms with Gasteiger partial charge >= 0.3 is 0 Å². The standard InChI is InChI=1S/C15H25NO2/c1-12-8-13(2)10-14(9-12)18-7-5-6-15(3,11-17)16-4/h8-10,16-17H,5-7,11H2,1-4H3. The molecule has 1 aromatic carbocycles. The van der Waals surface area contributed by atoms with Gasteiger partial charge in [0.15, 0.2) is 0 Å². The van der Waals surface area contributed by atoms with E-state index in [4.69, 9.17) is 4.74 Å². The minimum Gasteiger partial charge on any atom is -0.494 e. The van der Waals surface area contributed by atoms with Gasteiger partial charge in [-0.05, 0) is 63.9 Å². The first-order valence-electron chi connectivity index (χ1n) is 6.50. The highest BCUT2D eigenvalue weighted by atomic mass is 16.5. The minimum absolute atomic E-state index is 0.146. The molecule has 102 valence electrons. The maximum atomic E-state index is 9.27. The van der Waals surface area contributed by atoms with Gasteiger partial charge in [0.05, 0.1) is 13.2 Å². The van der Waals surface area contributed by atoms with Crippen molar-refractivity contribution in [3.05, 3.63) is 29.3 Å². The van der Waals surface area contributed by atoms with Crippen LogP contribution in [-0.2, 0) is 0 Å². The molecule has 2 N–H and O–H groups in total. The summed E-state index contributed by atoms with van der Waals surface area (Å²) in [7, 11) is 1.88. The molecule has 1 rings (SSSR count). The Morgan fingerprint density at radius 1 is 1.22 bits per heavy atom. The molecule has 0 heterocycles. The van der Waals surface area contributed by atoms with E-state index in [1.54, 1.807) is 0 Å². The summed E-state index contributed by atoms with van der Waals surface area (Å²) < 4.78 is 5.74. The van der Waals surface area contributed by atoms with Crippen molar-refractivity contribution in [1.29, 1.82) is 0 Å². The fourth-order valence-corrected chi connectivity index (χ4v) is 1.95. The average molecular weight is 251 g/mol. The van der Waals surface area contributed by atoms with Crippen molar-refractivity contribution in [2.24, 2.45) is 0 Å². The zero-order valence-corrected chi connectivity index (χ0v) is 11.9. The predicted octanol–water partition coefficient (Wildman–Crippen LogP) is 2.43. The van der Waals surface area contributed by atoms with Crippen LogP contribution in [0.2, 0.25) is 0 Å². The molecule has 1 unspecified atom stereocenters. The molecular formula is C15H25NO2. The SMILES string of the molecule is CNC(C)(CO)CCCOc1cc(C)cc(C)c1. The molecule has 0 aliphatic carbocycles. The molecule has 18 heavy (non-hydrogen) atoms. The van der Waals surface area contributed by atoms with Crippen LogP contribution in [0.25, 0.3) is 0 Å². The average Bonchev–Trinajstić information content (AvgIpc) is 2.33. The van der Waals surface area contributed by atoms with Gasteiger partial charge in [-0.25, -0.2) is 0 Å². The van der Waals surface area contributed by atoms with Gasteiger partial charge in [-0.3, -0.25) is 0 Å². The third-order valence-corrected chi connectivity index (χ3v) is 3.29. The molecule has 0 aromatic heterocycles. The Balaban J connectivity index is 2.38. The number of likely N-dealkylation sites (N-methyl/N-ethyl adjacent to an activating group) is 1. The number of rotatable bonds is 7. The van der Waals surface area contributed by atoms with Crippen LogP contribution in [0.1, 0.15) is 30.9 Å². The number of aliphatic hydroxyl groups is 1. The highest BCUT2D eigenvalue weighted by molar-refractivity contribution is 5.32. The number of aryl methyl sites for hydroxylation is 2. The lowest BCUT2D eigenvalue weighted by molar-refractivity contribution is 0.163. The molecule has 1 atom stereocenters. The van der Waals surface area contributed by atoms with E-state index in [2.05, 4.69) is 37.4 Å². The van der Waals surface area contributed by atoms with E-state index in [1.807, 2.05) is 14.0 Å². The van der Waals surface area contributed by atoms with Crippen molar-refractivity contribution in [2.75, 3.05) is 20.3 Å². The largest absolute Gasteiger partial charge is 0.494 e. The van der Waals surface area contributed by atoms with Crippen molar-refractivity contribution >= 4 is 0 Å². The summed E-state index contributed by atoms with van der Waals surface area (Å²) in [4.78, 5) is 0. The van der Waals surface area contributed by atoms with Crippen LogP contribution in [0.5, 0.6) is 5.75 Å². The number of benzene rings is 1. The highest BCUT2D eigenvalue weighted by Crippen LogP contribution is 2.17. The number of hydrogen-bond acceptors (Lipinski definition) is 3. The van der Waals surface area contributed by atoms with Crippen molar-refractivity contribution < 1.29 is 9.84 Å². The lowest BCUT2D eigenvalue weighted by Gasteiger charge is -2.26. The Kier molecular flexibility index (Phi) is 5.63. The zero-order chi connectivity index (χ0) is 13.6. The van der Waals surface area contributed by atoms with E-state index >= 15 is 0 Å². The molecule has 1 aromatic rings. The quantitative estimate of drug-likeness (QED) is 0.731. The molecule has 0 aliphatic rings. The summed E-state index contributed by atoms with van der Waals surface area (Å²) in [6, 6.07) is 6.24. The van der Waals surface area contributed by atoms with Crippen molar-refractivity contribution in [3.8, 4) is 5.75 Å². The van der Waals surface area contributed by atoms with Gasteiger partial charge in [0.2, 0.25) is 0 Å². The van der Waals surface area contributed by atoms with Gasteiger partial charge in [-0.1, -0.05) is 6.07 Å². The van der Waals surface area contributed by atoms with Crippen molar-refractivity contribution in [3.63, 3.8) is 0 Å². The molecule has 0 radical (unpaired) electrons. The smallest absolute Gasteiger partial charge is 0.119 e. The monoisotopic (exact) mass is 251 g/mol. The van der Waals surface area contributed by atoms with E-state index < -0.39 is 0 Å². The summed E-state index contributed by atoms with van der Waals surface area (Å²) in [6.45, 7) is 6.99. The van der Waals surface area contributed by atoms with Crippen LogP contribution in [-0.4, -0.2) is 30.9 Å². The second-order valence-electron chi connectivity index (χ2n) is 5.24. The highest BCUT2D eigenvalue weighted by Gasteiger charge is 2.19. The minimum atomic E-state index is -0.202. The van der Waals surface area contributed by atoms with Gasteiger partial charge in [0, 0.05) is 5.54 Å². The first-order chi connectivity index (χ1) is 8.49. The number of ether oxygens (including phenoxy) is 1. The summed E-state index contributed by atoms with van der Waals surface area (Å²) in [6.07, 6.45) is 1.82. The summed E-state index contributed by atoms with van der Waals surface area (Å²) in [5.74, 6) is 0.933. The van der Waals surface area contributed by atoms with Crippen LogP contribution in [0.15, 0.2) is 18.2 Å². The maximum Gasteiger partial charge on any atom is 0.119 e. The Bertz CT molecular complexity index is 353. The predicted molar refractivity (Wildman–Crippen MR) is 75.2 cm³/mol. The van der Waals surface area contributed by atoms with E-state index in [0.29, 0.717) is 6.61 Å². The zero-order valence-electron chi connectivity index (χ0n) is 11.9. The molecule has 0 aliphatic heterocycles. The van der Waals surface area contributed by atoms with Crippen LogP contribution < -0.4 is 10.1 Å². The third kappa shape index (κ3) is 4.67. The number of nitrogens with one attached hydrogen (secondary N) is 1. The summed E-state index contributed by atoms with van der Waals surface area (Å²) in [5.41, 5.74) is 2.24. The molecule has 0 bridgehead atoms. The molecule has 0 spiro atoms. The lowest BCUT2D eigenvalue weighted by atomic mass is 9.97. The van der Waals surface area contributed by atoms with Crippen LogP contribution in [0.3, 0.4) is 0 Å². The second-order valence-corrected chi connectivity index (χ2v) is 5.24. The van der Waals surface area contributed by atoms with Crippen molar-refractivity contribution in [2.45, 2.75) is 39.2 Å². The summed E-state index contributed by atoms with van der Waals surface area (Å²) in [5, 5.41) is 12.4. The van der Waals surface area contributed by atoms with Crippen molar-refractivity contribution in [1.82, 2.24) is 5.32 Å². The van der Waals surface area contributed by atoms with Gasteiger partial charge in [-0.2, -0.15) is 0 Å². The molecule has 3 nitrogen and oxygen atoms in total. The third-order valence-electron chi connectivity index (χ3n) is 3.29. The molecule has 0 amide bonds. The van der Waals surface area contributed by atoms with Gasteiger partial charge in [0.1, 0.15) is 5.75 Å². The molecule has 0 saturated heterocycles. The molecule has 3 heteroatoms. The maximum absolute atomic E-state index is 9.27. The van der Waals surface area contributed by atoms with Gasteiger partial charge in [0.25, 0.3) is 0 Å². The Labute approximate surface area is 110 Å². The van der Waals surface area contributed by atoms with Gasteiger partial charge in [-0.15, -0.1) is 0 Å². The summed E-state index contributed by atoms with van der Waals surface area (Å²) >= 11 is 0. The Morgan fingerprint density at radius 3 is 2.33 bits per heavy atom. The van der Waals surface area contributed by atoms with Crippen LogP contribution >= 0.6 is 0 Å².